The smallest absolute Gasteiger partial charge is 0.166 e. The molecule has 2 aromatic rings. The van der Waals surface area contributed by atoms with Gasteiger partial charge in [-0.05, 0) is 26.0 Å². The van der Waals surface area contributed by atoms with Crippen molar-refractivity contribution in [3.63, 3.8) is 0 Å². The molecule has 0 amide bonds. The molecule has 0 aliphatic heterocycles. The highest BCUT2D eigenvalue weighted by atomic mass is 79.9. The second kappa shape index (κ2) is 5.87. The first-order chi connectivity index (χ1) is 9.43. The summed E-state index contributed by atoms with van der Waals surface area (Å²) in [6, 6.07) is 4.94. The number of carbonyl (C=O) groups is 1. The first-order valence-electron chi connectivity index (χ1n) is 6.45. The summed E-state index contributed by atoms with van der Waals surface area (Å²) < 4.78 is 16.2. The zero-order chi connectivity index (χ0) is 14.9. The van der Waals surface area contributed by atoms with Gasteiger partial charge in [-0.15, -0.1) is 0 Å². The summed E-state index contributed by atoms with van der Waals surface area (Å²) in [5.41, 5.74) is 2.70. The van der Waals surface area contributed by atoms with Crippen LogP contribution < -0.4 is 0 Å². The first-order valence-corrected chi connectivity index (χ1v) is 7.24. The highest BCUT2D eigenvalue weighted by Gasteiger charge is 2.17. The first kappa shape index (κ1) is 14.9. The number of hydrogen-bond donors (Lipinski definition) is 0. The van der Waals surface area contributed by atoms with E-state index in [1.165, 1.54) is 6.07 Å². The number of Topliss-reactive ketones (excluding diaryl/α,β-unsaturated/α-hetero) is 1. The monoisotopic (exact) mass is 338 g/mol. The van der Waals surface area contributed by atoms with Crippen LogP contribution in [-0.2, 0) is 6.54 Å². The van der Waals surface area contributed by atoms with Crippen molar-refractivity contribution in [3.8, 4) is 0 Å². The molecule has 1 heterocycles. The Bertz CT molecular complexity index is 664. The van der Waals surface area contributed by atoms with Gasteiger partial charge in [0.05, 0.1) is 17.8 Å². The molecule has 0 aliphatic rings. The largest absolute Gasteiger partial charge is 0.294 e. The molecule has 0 fully saturated rings. The Labute approximate surface area is 125 Å². The van der Waals surface area contributed by atoms with Crippen LogP contribution in [0, 0.1) is 19.7 Å². The van der Waals surface area contributed by atoms with E-state index in [0.717, 1.165) is 5.69 Å². The molecule has 0 N–H and O–H groups in total. The van der Waals surface area contributed by atoms with Gasteiger partial charge in [0.2, 0.25) is 0 Å². The van der Waals surface area contributed by atoms with Gasteiger partial charge in [0, 0.05) is 22.2 Å². The average molecular weight is 339 g/mol. The van der Waals surface area contributed by atoms with Gasteiger partial charge in [-0.2, -0.15) is 5.10 Å². The van der Waals surface area contributed by atoms with Crippen LogP contribution in [0.4, 0.5) is 4.39 Å². The number of hydrogen-bond acceptors (Lipinski definition) is 2. The average Bonchev–Trinajstić information content (AvgIpc) is 2.67. The van der Waals surface area contributed by atoms with Crippen molar-refractivity contribution in [2.75, 3.05) is 0 Å². The van der Waals surface area contributed by atoms with Crippen molar-refractivity contribution in [1.29, 1.82) is 0 Å². The van der Waals surface area contributed by atoms with E-state index in [1.807, 2.05) is 20.8 Å². The minimum absolute atomic E-state index is 0.0718. The SMILES string of the molecule is CCC(=O)c1c(C)nn(Cc2ccc(Br)cc2F)c1C. The third-order valence-corrected chi connectivity index (χ3v) is 3.81. The Balaban J connectivity index is 2.37. The number of rotatable bonds is 4. The molecule has 20 heavy (non-hydrogen) atoms. The molecule has 0 saturated carbocycles. The Morgan fingerprint density at radius 3 is 2.70 bits per heavy atom. The van der Waals surface area contributed by atoms with Crippen LogP contribution in [0.3, 0.4) is 0 Å². The Morgan fingerprint density at radius 2 is 2.10 bits per heavy atom. The van der Waals surface area contributed by atoms with Crippen LogP contribution in [0.15, 0.2) is 22.7 Å². The molecule has 0 aliphatic carbocycles. The van der Waals surface area contributed by atoms with Crippen LogP contribution in [0.5, 0.6) is 0 Å². The van der Waals surface area contributed by atoms with E-state index >= 15 is 0 Å². The molecule has 0 bridgehead atoms. The molecule has 2 rings (SSSR count). The molecule has 0 radical (unpaired) electrons. The molecular formula is C15H16BrFN2O. The van der Waals surface area contributed by atoms with Gasteiger partial charge in [0.1, 0.15) is 5.82 Å². The zero-order valence-electron chi connectivity index (χ0n) is 11.7. The molecule has 5 heteroatoms. The summed E-state index contributed by atoms with van der Waals surface area (Å²) in [5.74, 6) is -0.210. The number of ketones is 1. The maximum atomic E-state index is 13.9. The zero-order valence-corrected chi connectivity index (χ0v) is 13.3. The Morgan fingerprint density at radius 1 is 1.40 bits per heavy atom. The molecule has 1 aromatic heterocycles. The van der Waals surface area contributed by atoms with Gasteiger partial charge in [0.15, 0.2) is 5.78 Å². The normalized spacial score (nSPS) is 10.8. The number of aromatic nitrogens is 2. The van der Waals surface area contributed by atoms with E-state index in [0.29, 0.717) is 34.3 Å². The fraction of sp³-hybridized carbons (Fsp3) is 0.333. The number of aryl methyl sites for hydroxylation is 1. The minimum atomic E-state index is -0.282. The van der Waals surface area contributed by atoms with E-state index in [4.69, 9.17) is 0 Å². The molecule has 106 valence electrons. The molecule has 3 nitrogen and oxygen atoms in total. The second-order valence-corrected chi connectivity index (χ2v) is 5.63. The number of halogens is 2. The highest BCUT2D eigenvalue weighted by Crippen LogP contribution is 2.19. The third kappa shape index (κ3) is 2.82. The van der Waals surface area contributed by atoms with Gasteiger partial charge >= 0.3 is 0 Å². The predicted molar refractivity (Wildman–Crippen MR) is 79.5 cm³/mol. The lowest BCUT2D eigenvalue weighted by Crippen LogP contribution is -2.07. The molecule has 1 aromatic carbocycles. The predicted octanol–water partition coefficient (Wildman–Crippen LogP) is 4.04. The summed E-state index contributed by atoms with van der Waals surface area (Å²) in [4.78, 5) is 11.9. The van der Waals surface area contributed by atoms with Crippen LogP contribution in [0.2, 0.25) is 0 Å². The second-order valence-electron chi connectivity index (χ2n) is 4.72. The van der Waals surface area contributed by atoms with Crippen molar-refractivity contribution < 1.29 is 9.18 Å². The molecule has 0 atom stereocenters. The quantitative estimate of drug-likeness (QED) is 0.788. The Hall–Kier alpha value is -1.49. The summed E-state index contributed by atoms with van der Waals surface area (Å²) in [6.07, 6.45) is 0.444. The van der Waals surface area contributed by atoms with Gasteiger partial charge in [-0.1, -0.05) is 28.9 Å². The Kier molecular flexibility index (Phi) is 4.38. The van der Waals surface area contributed by atoms with Gasteiger partial charge < -0.3 is 0 Å². The van der Waals surface area contributed by atoms with Gasteiger partial charge in [-0.25, -0.2) is 4.39 Å². The topological polar surface area (TPSA) is 34.9 Å². The van der Waals surface area contributed by atoms with E-state index < -0.39 is 0 Å². The third-order valence-electron chi connectivity index (χ3n) is 3.32. The van der Waals surface area contributed by atoms with Crippen LogP contribution in [0.25, 0.3) is 0 Å². The van der Waals surface area contributed by atoms with Crippen molar-refractivity contribution in [2.24, 2.45) is 0 Å². The standard InChI is InChI=1S/C15H16BrFN2O/c1-4-14(20)15-9(2)18-19(10(15)3)8-11-5-6-12(16)7-13(11)17/h5-7H,4,8H2,1-3H3. The maximum Gasteiger partial charge on any atom is 0.166 e. The van der Waals surface area contributed by atoms with Crippen molar-refractivity contribution in [1.82, 2.24) is 9.78 Å². The lowest BCUT2D eigenvalue weighted by Gasteiger charge is -2.07. The number of nitrogens with zero attached hydrogens (tertiary/aromatic N) is 2. The van der Waals surface area contributed by atoms with E-state index in [1.54, 1.807) is 16.8 Å². The summed E-state index contributed by atoms with van der Waals surface area (Å²) in [6.45, 7) is 5.81. The molecular weight excluding hydrogens is 323 g/mol. The summed E-state index contributed by atoms with van der Waals surface area (Å²) in [5, 5.41) is 4.36. The minimum Gasteiger partial charge on any atom is -0.294 e. The molecule has 0 saturated heterocycles. The number of carbonyl (C=O) groups excluding carboxylic acids is 1. The van der Waals surface area contributed by atoms with E-state index in [-0.39, 0.29) is 11.6 Å². The summed E-state index contributed by atoms with van der Waals surface area (Å²) in [7, 11) is 0. The van der Waals surface area contributed by atoms with Gasteiger partial charge in [0.25, 0.3) is 0 Å². The summed E-state index contributed by atoms with van der Waals surface area (Å²) >= 11 is 3.23. The van der Waals surface area contributed by atoms with Crippen molar-refractivity contribution in [3.05, 3.63) is 51.0 Å². The fourth-order valence-corrected chi connectivity index (χ4v) is 2.58. The number of benzene rings is 1. The maximum absolute atomic E-state index is 13.9. The highest BCUT2D eigenvalue weighted by molar-refractivity contribution is 9.10. The van der Waals surface area contributed by atoms with Crippen LogP contribution >= 0.6 is 15.9 Å². The molecule has 0 spiro atoms. The lowest BCUT2D eigenvalue weighted by molar-refractivity contribution is 0.0987. The van der Waals surface area contributed by atoms with E-state index in [9.17, 15) is 9.18 Å². The van der Waals surface area contributed by atoms with E-state index in [2.05, 4.69) is 21.0 Å². The van der Waals surface area contributed by atoms with Gasteiger partial charge in [-0.3, -0.25) is 9.48 Å². The van der Waals surface area contributed by atoms with Crippen LogP contribution in [-0.4, -0.2) is 15.6 Å². The fourth-order valence-electron chi connectivity index (χ4n) is 2.24. The van der Waals surface area contributed by atoms with Crippen molar-refractivity contribution in [2.45, 2.75) is 33.7 Å². The molecule has 0 unspecified atom stereocenters. The van der Waals surface area contributed by atoms with Crippen molar-refractivity contribution >= 4 is 21.7 Å². The lowest BCUT2D eigenvalue weighted by atomic mass is 10.1. The van der Waals surface area contributed by atoms with Crippen LogP contribution in [0.1, 0.15) is 40.7 Å².